The molecule has 0 spiro atoms. The van der Waals surface area contributed by atoms with E-state index in [0.29, 0.717) is 11.3 Å². The molecule has 1 aliphatic carbocycles. The molecular weight excluding hydrogens is 234 g/mol. The molecule has 1 fully saturated rings. The number of rotatable bonds is 7. The maximum Gasteiger partial charge on any atom is 0.255 e. The zero-order valence-electron chi connectivity index (χ0n) is 9.98. The van der Waals surface area contributed by atoms with Gasteiger partial charge in [0.2, 0.25) is 0 Å². The Morgan fingerprint density at radius 3 is 3.12 bits per heavy atom. The summed E-state index contributed by atoms with van der Waals surface area (Å²) in [5.41, 5.74) is -0.377. The fraction of sp³-hybridized carbons (Fsp3) is 0.667. The zero-order valence-corrected chi connectivity index (χ0v) is 10.8. The van der Waals surface area contributed by atoms with E-state index in [1.807, 2.05) is 6.92 Å². The van der Waals surface area contributed by atoms with Crippen LogP contribution in [-0.2, 0) is 0 Å². The molecule has 0 amide bonds. The van der Waals surface area contributed by atoms with Crippen LogP contribution >= 0.6 is 11.8 Å². The fourth-order valence-electron chi connectivity index (χ4n) is 1.71. The molecule has 1 aromatic rings. The van der Waals surface area contributed by atoms with E-state index in [1.165, 1.54) is 12.8 Å². The summed E-state index contributed by atoms with van der Waals surface area (Å²) >= 11 is 1.60. The predicted octanol–water partition coefficient (Wildman–Crippen LogP) is 2.58. The molecule has 1 atom stereocenters. The molecule has 0 aliphatic heterocycles. The number of aromatic nitrogens is 1. The van der Waals surface area contributed by atoms with Crippen molar-refractivity contribution in [1.29, 1.82) is 5.26 Å². The molecule has 4 nitrogen and oxygen atoms in total. The Morgan fingerprint density at radius 1 is 1.71 bits per heavy atom. The van der Waals surface area contributed by atoms with Crippen molar-refractivity contribution in [2.75, 3.05) is 5.75 Å². The third-order valence-corrected chi connectivity index (χ3v) is 3.74. The quantitative estimate of drug-likeness (QED) is 0.596. The number of hydrogen-bond acceptors (Lipinski definition) is 5. The van der Waals surface area contributed by atoms with Gasteiger partial charge in [0.15, 0.2) is 0 Å². The van der Waals surface area contributed by atoms with E-state index in [9.17, 15) is 5.26 Å². The Bertz CT molecular complexity index is 383. The lowest BCUT2D eigenvalue weighted by Crippen LogP contribution is -2.42. The number of hydrogen-bond donors (Lipinski definition) is 1. The normalized spacial score (nSPS) is 18.6. The minimum atomic E-state index is -0.377. The number of oxazole rings is 1. The topological polar surface area (TPSA) is 61.9 Å². The van der Waals surface area contributed by atoms with Gasteiger partial charge in [-0.25, -0.2) is 4.98 Å². The average Bonchev–Trinajstić information content (AvgIpc) is 2.97. The van der Waals surface area contributed by atoms with Gasteiger partial charge in [0.1, 0.15) is 11.8 Å². The van der Waals surface area contributed by atoms with Crippen LogP contribution in [0.3, 0.4) is 0 Å². The van der Waals surface area contributed by atoms with Gasteiger partial charge >= 0.3 is 0 Å². The van der Waals surface area contributed by atoms with Gasteiger partial charge in [-0.3, -0.25) is 5.32 Å². The van der Waals surface area contributed by atoms with Crippen LogP contribution in [-0.4, -0.2) is 22.3 Å². The van der Waals surface area contributed by atoms with Crippen molar-refractivity contribution in [3.8, 4) is 6.07 Å². The number of thioether (sulfide) groups is 1. The van der Waals surface area contributed by atoms with Gasteiger partial charge in [0, 0.05) is 11.8 Å². The maximum atomic E-state index is 9.20. The Kier molecular flexibility index (Phi) is 4.08. The summed E-state index contributed by atoms with van der Waals surface area (Å²) in [6, 6.07) is 2.95. The third-order valence-electron chi connectivity index (χ3n) is 2.80. The summed E-state index contributed by atoms with van der Waals surface area (Å²) in [5, 5.41) is 13.3. The highest BCUT2D eigenvalue weighted by Gasteiger charge is 2.31. The largest absolute Gasteiger partial charge is 0.440 e. The van der Waals surface area contributed by atoms with Crippen molar-refractivity contribution in [2.24, 2.45) is 0 Å². The summed E-state index contributed by atoms with van der Waals surface area (Å²) in [7, 11) is 0. The van der Waals surface area contributed by atoms with Crippen LogP contribution in [0.15, 0.2) is 22.1 Å². The van der Waals surface area contributed by atoms with Crippen molar-refractivity contribution in [1.82, 2.24) is 10.3 Å². The van der Waals surface area contributed by atoms with Crippen LogP contribution in [0.2, 0.25) is 0 Å². The molecule has 2 rings (SSSR count). The fourth-order valence-corrected chi connectivity index (χ4v) is 2.43. The van der Waals surface area contributed by atoms with Crippen molar-refractivity contribution >= 4 is 11.8 Å². The maximum absolute atomic E-state index is 9.20. The van der Waals surface area contributed by atoms with Crippen LogP contribution in [0.1, 0.15) is 32.6 Å². The highest BCUT2D eigenvalue weighted by Crippen LogP contribution is 2.25. The lowest BCUT2D eigenvalue weighted by molar-refractivity contribution is 0.411. The second-order valence-electron chi connectivity index (χ2n) is 4.61. The van der Waals surface area contributed by atoms with Gasteiger partial charge in [-0.1, -0.05) is 11.8 Å². The number of nitrogens with one attached hydrogen (secondary N) is 1. The molecular formula is C12H17N3OS. The molecule has 5 heteroatoms. The number of nitriles is 1. The highest BCUT2D eigenvalue weighted by molar-refractivity contribution is 7.99. The molecule has 17 heavy (non-hydrogen) atoms. The third kappa shape index (κ3) is 4.06. The first-order valence-corrected chi connectivity index (χ1v) is 6.92. The second kappa shape index (κ2) is 5.56. The van der Waals surface area contributed by atoms with E-state index >= 15 is 0 Å². The summed E-state index contributed by atoms with van der Waals surface area (Å²) in [6.07, 6.45) is 7.50. The minimum Gasteiger partial charge on any atom is -0.440 e. The van der Waals surface area contributed by atoms with E-state index in [-0.39, 0.29) is 5.54 Å². The molecule has 1 heterocycles. The van der Waals surface area contributed by atoms with E-state index in [4.69, 9.17) is 4.42 Å². The molecule has 0 saturated heterocycles. The summed E-state index contributed by atoms with van der Waals surface area (Å²) in [6.45, 7) is 1.99. The van der Waals surface area contributed by atoms with Crippen LogP contribution in [0.4, 0.5) is 0 Å². The summed E-state index contributed by atoms with van der Waals surface area (Å²) in [5.74, 6) is 0.935. The van der Waals surface area contributed by atoms with Gasteiger partial charge in [0.25, 0.3) is 5.22 Å². The first kappa shape index (κ1) is 12.5. The van der Waals surface area contributed by atoms with Crippen LogP contribution in [0.25, 0.3) is 0 Å². The van der Waals surface area contributed by atoms with Gasteiger partial charge in [-0.15, -0.1) is 0 Å². The summed E-state index contributed by atoms with van der Waals surface area (Å²) in [4.78, 5) is 4.04. The van der Waals surface area contributed by atoms with E-state index in [2.05, 4.69) is 16.4 Å². The van der Waals surface area contributed by atoms with Gasteiger partial charge in [-0.05, 0) is 32.6 Å². The Hall–Kier alpha value is -0.990. The zero-order chi connectivity index (χ0) is 12.1. The van der Waals surface area contributed by atoms with E-state index in [1.54, 1.807) is 24.2 Å². The molecule has 1 aromatic heterocycles. The molecule has 1 unspecified atom stereocenters. The van der Waals surface area contributed by atoms with Gasteiger partial charge in [0.05, 0.1) is 12.3 Å². The monoisotopic (exact) mass is 251 g/mol. The second-order valence-corrected chi connectivity index (χ2v) is 5.66. The standard InChI is InChI=1S/C12H17N3OS/c1-12(9-13,15-10-3-4-10)5-2-8-17-11-14-6-7-16-11/h6-7,10,15H,2-5,8H2,1H3. The van der Waals surface area contributed by atoms with Crippen molar-refractivity contribution in [3.05, 3.63) is 12.5 Å². The molecule has 1 aliphatic rings. The van der Waals surface area contributed by atoms with Crippen molar-refractivity contribution in [2.45, 2.75) is 49.4 Å². The Morgan fingerprint density at radius 2 is 2.53 bits per heavy atom. The van der Waals surface area contributed by atoms with Gasteiger partial charge < -0.3 is 4.42 Å². The SMILES string of the molecule is CC(C#N)(CCCSc1ncco1)NC1CC1. The molecule has 1 saturated carbocycles. The summed E-state index contributed by atoms with van der Waals surface area (Å²) < 4.78 is 5.14. The molecule has 0 radical (unpaired) electrons. The highest BCUT2D eigenvalue weighted by atomic mass is 32.2. The van der Waals surface area contributed by atoms with Crippen LogP contribution < -0.4 is 5.32 Å². The first-order valence-electron chi connectivity index (χ1n) is 5.93. The first-order chi connectivity index (χ1) is 8.22. The molecule has 92 valence electrons. The van der Waals surface area contributed by atoms with Gasteiger partial charge in [-0.2, -0.15) is 5.26 Å². The average molecular weight is 251 g/mol. The Balaban J connectivity index is 1.67. The molecule has 0 aromatic carbocycles. The van der Waals surface area contributed by atoms with Crippen LogP contribution in [0.5, 0.6) is 0 Å². The number of nitrogens with zero attached hydrogens (tertiary/aromatic N) is 2. The van der Waals surface area contributed by atoms with Crippen molar-refractivity contribution < 1.29 is 4.42 Å². The molecule has 1 N–H and O–H groups in total. The minimum absolute atomic E-state index is 0.377. The Labute approximate surface area is 106 Å². The van der Waals surface area contributed by atoms with E-state index in [0.717, 1.165) is 18.6 Å². The predicted molar refractivity (Wildman–Crippen MR) is 66.6 cm³/mol. The van der Waals surface area contributed by atoms with Crippen LogP contribution in [0, 0.1) is 11.3 Å². The van der Waals surface area contributed by atoms with E-state index < -0.39 is 0 Å². The lowest BCUT2D eigenvalue weighted by Gasteiger charge is -2.22. The van der Waals surface area contributed by atoms with Crippen molar-refractivity contribution in [3.63, 3.8) is 0 Å². The molecule has 0 bridgehead atoms. The smallest absolute Gasteiger partial charge is 0.255 e. The lowest BCUT2D eigenvalue weighted by atomic mass is 9.98.